The zero-order chi connectivity index (χ0) is 24.0. The Labute approximate surface area is 196 Å². The molecule has 1 aliphatic rings. The summed E-state index contributed by atoms with van der Waals surface area (Å²) in [4.78, 5) is 12.7. The predicted octanol–water partition coefficient (Wildman–Crippen LogP) is 5.04. The van der Waals surface area contributed by atoms with Crippen LogP contribution >= 0.6 is 0 Å². The Kier molecular flexibility index (Phi) is 5.16. The van der Waals surface area contributed by atoms with Gasteiger partial charge in [-0.05, 0) is 52.0 Å². The number of anilines is 1. The van der Waals surface area contributed by atoms with Crippen molar-refractivity contribution in [3.8, 4) is 16.9 Å². The van der Waals surface area contributed by atoms with E-state index in [4.69, 9.17) is 14.7 Å². The largest absolute Gasteiger partial charge is 0.496 e. The van der Waals surface area contributed by atoms with Crippen molar-refractivity contribution in [2.24, 2.45) is 0 Å². The number of hydrogen-bond acceptors (Lipinski definition) is 8. The number of aromatic amines is 1. The molecule has 0 radical (unpaired) electrons. The van der Waals surface area contributed by atoms with Crippen LogP contribution in [0.4, 0.5) is 5.82 Å². The number of fused-ring (bicyclic) bond motifs is 3. The average molecular weight is 456 g/mol. The lowest BCUT2D eigenvalue weighted by atomic mass is 10.0. The molecule has 0 atom stereocenters. The highest BCUT2D eigenvalue weighted by Gasteiger charge is 2.21. The van der Waals surface area contributed by atoms with E-state index in [0.29, 0.717) is 34.4 Å². The molecule has 5 rings (SSSR count). The number of nitrogens with zero attached hydrogens (tertiary/aromatic N) is 3. The van der Waals surface area contributed by atoms with Gasteiger partial charge in [-0.25, -0.2) is 9.97 Å². The van der Waals surface area contributed by atoms with Gasteiger partial charge in [0.05, 0.1) is 40.9 Å². The molecule has 0 unspecified atom stereocenters. The summed E-state index contributed by atoms with van der Waals surface area (Å²) in [7, 11) is 1.65. The summed E-state index contributed by atoms with van der Waals surface area (Å²) in [5, 5.41) is 20.7. The van der Waals surface area contributed by atoms with Crippen LogP contribution in [0.25, 0.3) is 33.1 Å². The Hall–Kier alpha value is -4.40. The van der Waals surface area contributed by atoms with Crippen LogP contribution in [0.5, 0.6) is 5.75 Å². The maximum absolute atomic E-state index is 8.33. The number of rotatable bonds is 5. The van der Waals surface area contributed by atoms with Crippen LogP contribution in [0.3, 0.4) is 0 Å². The smallest absolute Gasteiger partial charge is 0.144 e. The van der Waals surface area contributed by atoms with Crippen molar-refractivity contribution in [3.05, 3.63) is 65.2 Å². The maximum Gasteiger partial charge on any atom is 0.144 e. The van der Waals surface area contributed by atoms with Crippen LogP contribution in [0.1, 0.15) is 24.2 Å². The Balaban J connectivity index is 1.74. The van der Waals surface area contributed by atoms with E-state index in [1.165, 1.54) is 0 Å². The number of benzene rings is 1. The van der Waals surface area contributed by atoms with Crippen molar-refractivity contribution in [1.29, 1.82) is 5.41 Å². The third kappa shape index (κ3) is 3.51. The molecule has 9 heteroatoms. The second-order valence-electron chi connectivity index (χ2n) is 8.17. The van der Waals surface area contributed by atoms with Crippen molar-refractivity contribution in [3.63, 3.8) is 0 Å². The minimum absolute atomic E-state index is 0.380. The molecule has 0 fully saturated rings. The third-order valence-electron chi connectivity index (χ3n) is 5.78. The first-order chi connectivity index (χ1) is 16.4. The summed E-state index contributed by atoms with van der Waals surface area (Å²) >= 11 is 0. The first-order valence-electron chi connectivity index (χ1n) is 10.8. The molecule has 3 aromatic heterocycles. The van der Waals surface area contributed by atoms with Crippen LogP contribution in [0.15, 0.2) is 52.5 Å². The van der Waals surface area contributed by atoms with Gasteiger partial charge in [-0.15, -0.1) is 0 Å². The molecule has 34 heavy (non-hydrogen) atoms. The number of ether oxygens (including phenoxy) is 1. The summed E-state index contributed by atoms with van der Waals surface area (Å²) < 4.78 is 11.2. The van der Waals surface area contributed by atoms with E-state index >= 15 is 0 Å². The quantitative estimate of drug-likeness (QED) is 0.311. The minimum atomic E-state index is 0.380. The molecule has 172 valence electrons. The summed E-state index contributed by atoms with van der Waals surface area (Å²) in [5.41, 5.74) is 5.97. The van der Waals surface area contributed by atoms with E-state index < -0.39 is 0 Å². The number of methoxy groups -OCH3 is 1. The Morgan fingerprint density at radius 2 is 1.97 bits per heavy atom. The normalized spacial score (nSPS) is 14.5. The number of dihydropyridines is 1. The van der Waals surface area contributed by atoms with Crippen LogP contribution < -0.4 is 15.4 Å². The standard InChI is InChI=1S/C25H25N7O2/c1-12(26)23(18-8-6-7-9-27-18)31-25-22-16-11-20(33-5)17(21-13(2)32-34-14(21)3)10-19(16)30-24(22)28-15(4)29-25/h6-11,26-27H,1-5H3,(H2,28,29,30,31)/b23-18+,26-12?. The van der Waals surface area contributed by atoms with Gasteiger partial charge in [0.2, 0.25) is 0 Å². The molecule has 0 aliphatic carbocycles. The molecule has 1 aromatic carbocycles. The molecule has 0 spiro atoms. The number of nitrogens with one attached hydrogen (secondary N) is 4. The molecule has 0 bridgehead atoms. The minimum Gasteiger partial charge on any atom is -0.496 e. The van der Waals surface area contributed by atoms with Crippen LogP contribution in [0.2, 0.25) is 0 Å². The average Bonchev–Trinajstić information content (AvgIpc) is 3.34. The van der Waals surface area contributed by atoms with Crippen molar-refractivity contribution in [2.45, 2.75) is 27.7 Å². The summed E-state index contributed by atoms with van der Waals surface area (Å²) in [6, 6.07) is 4.00. The molecule has 4 aromatic rings. The molecule has 1 aliphatic heterocycles. The Morgan fingerprint density at radius 3 is 2.62 bits per heavy atom. The number of aromatic nitrogens is 4. The van der Waals surface area contributed by atoms with Gasteiger partial charge in [-0.3, -0.25) is 0 Å². The molecule has 0 saturated carbocycles. The molecule has 0 saturated heterocycles. The summed E-state index contributed by atoms with van der Waals surface area (Å²) in [5.74, 6) is 2.64. The van der Waals surface area contributed by atoms with Crippen molar-refractivity contribution >= 4 is 33.5 Å². The fourth-order valence-electron chi connectivity index (χ4n) is 4.29. The highest BCUT2D eigenvalue weighted by atomic mass is 16.5. The molecule has 9 nitrogen and oxygen atoms in total. The van der Waals surface area contributed by atoms with Gasteiger partial charge in [-0.1, -0.05) is 11.2 Å². The highest BCUT2D eigenvalue weighted by Crippen LogP contribution is 2.40. The van der Waals surface area contributed by atoms with Gasteiger partial charge in [0.25, 0.3) is 0 Å². The lowest BCUT2D eigenvalue weighted by molar-refractivity contribution is 0.393. The highest BCUT2D eigenvalue weighted by molar-refractivity contribution is 6.14. The third-order valence-corrected chi connectivity index (χ3v) is 5.78. The van der Waals surface area contributed by atoms with E-state index in [9.17, 15) is 0 Å². The van der Waals surface area contributed by atoms with Crippen LogP contribution in [0, 0.1) is 26.2 Å². The van der Waals surface area contributed by atoms with Gasteiger partial charge < -0.3 is 30.3 Å². The zero-order valence-electron chi connectivity index (χ0n) is 19.6. The SMILES string of the molecule is COc1cc2c(cc1-c1c(C)noc1C)[nH]c1nc(C)nc(N/C(C(C)=N)=C3\C=CC=CN3)c12. The first kappa shape index (κ1) is 21.4. The van der Waals surface area contributed by atoms with Crippen molar-refractivity contribution < 1.29 is 9.26 Å². The van der Waals surface area contributed by atoms with Crippen molar-refractivity contribution in [2.75, 3.05) is 12.4 Å². The van der Waals surface area contributed by atoms with Gasteiger partial charge in [0.1, 0.15) is 28.8 Å². The van der Waals surface area contributed by atoms with Crippen LogP contribution in [-0.4, -0.2) is 32.9 Å². The summed E-state index contributed by atoms with van der Waals surface area (Å²) in [6.07, 6.45) is 7.56. The number of aryl methyl sites for hydroxylation is 3. The Bertz CT molecular complexity index is 1530. The second kappa shape index (κ2) is 8.18. The molecular formula is C25H25N7O2. The number of H-pyrrole nitrogens is 1. The van der Waals surface area contributed by atoms with Crippen LogP contribution in [-0.2, 0) is 0 Å². The second-order valence-corrected chi connectivity index (χ2v) is 8.17. The zero-order valence-corrected chi connectivity index (χ0v) is 19.6. The molecular weight excluding hydrogens is 430 g/mol. The van der Waals surface area contributed by atoms with Gasteiger partial charge in [0.15, 0.2) is 0 Å². The monoisotopic (exact) mass is 455 g/mol. The fourth-order valence-corrected chi connectivity index (χ4v) is 4.29. The molecule has 4 heterocycles. The van der Waals surface area contributed by atoms with E-state index in [1.807, 2.05) is 57.3 Å². The molecule has 4 N–H and O–H groups in total. The summed E-state index contributed by atoms with van der Waals surface area (Å²) in [6.45, 7) is 7.38. The van der Waals surface area contributed by atoms with Gasteiger partial charge >= 0.3 is 0 Å². The molecule has 0 amide bonds. The van der Waals surface area contributed by atoms with Gasteiger partial charge in [0, 0.05) is 22.7 Å². The van der Waals surface area contributed by atoms with Gasteiger partial charge in [-0.2, -0.15) is 0 Å². The first-order valence-corrected chi connectivity index (χ1v) is 10.8. The predicted molar refractivity (Wildman–Crippen MR) is 133 cm³/mol. The lowest BCUT2D eigenvalue weighted by Crippen LogP contribution is -2.18. The lowest BCUT2D eigenvalue weighted by Gasteiger charge is -2.16. The topological polar surface area (TPSA) is 125 Å². The van der Waals surface area contributed by atoms with Crippen molar-refractivity contribution in [1.82, 2.24) is 25.4 Å². The van der Waals surface area contributed by atoms with E-state index in [0.717, 1.165) is 44.6 Å². The number of allylic oxidation sites excluding steroid dienone is 4. The van der Waals surface area contributed by atoms with E-state index in [2.05, 4.69) is 30.7 Å². The van der Waals surface area contributed by atoms with E-state index in [1.54, 1.807) is 14.0 Å². The Morgan fingerprint density at radius 1 is 1.15 bits per heavy atom. The maximum atomic E-state index is 8.33. The fraction of sp³-hybridized carbons (Fsp3) is 0.200. The number of hydrogen-bond donors (Lipinski definition) is 4. The van der Waals surface area contributed by atoms with E-state index in [-0.39, 0.29) is 0 Å².